The van der Waals surface area contributed by atoms with Crippen LogP contribution in [0.4, 0.5) is 10.6 Å². The smallest absolute Gasteiger partial charge is 0.317 e. The molecule has 0 saturated carbocycles. The predicted molar refractivity (Wildman–Crippen MR) is 97.0 cm³/mol. The number of rotatable bonds is 5. The van der Waals surface area contributed by atoms with Crippen molar-refractivity contribution in [3.05, 3.63) is 41.6 Å². The number of anilines is 1. The van der Waals surface area contributed by atoms with Gasteiger partial charge in [0.2, 0.25) is 0 Å². The van der Waals surface area contributed by atoms with Crippen LogP contribution in [0.3, 0.4) is 0 Å². The molecule has 8 heteroatoms. The molecule has 3 amide bonds. The van der Waals surface area contributed by atoms with Gasteiger partial charge in [-0.05, 0) is 6.42 Å². The number of fused-ring (bicyclic) bond motifs is 1. The van der Waals surface area contributed by atoms with Crippen LogP contribution in [0.1, 0.15) is 16.1 Å². The molecule has 0 spiro atoms. The third-order valence-corrected chi connectivity index (χ3v) is 4.53. The Bertz CT molecular complexity index is 839. The number of amides is 3. The van der Waals surface area contributed by atoms with Crippen LogP contribution in [0.2, 0.25) is 0 Å². The Kier molecular flexibility index (Phi) is 4.39. The summed E-state index contributed by atoms with van der Waals surface area (Å²) < 4.78 is 0. The minimum Gasteiger partial charge on any atom is -0.368 e. The average Bonchev–Trinajstić information content (AvgIpc) is 3.08. The number of urea groups is 1. The highest BCUT2D eigenvalue weighted by Crippen LogP contribution is 2.24. The zero-order valence-corrected chi connectivity index (χ0v) is 14.3. The molecule has 0 unspecified atom stereocenters. The van der Waals surface area contributed by atoms with Crippen molar-refractivity contribution in [3.8, 4) is 11.4 Å². The summed E-state index contributed by atoms with van der Waals surface area (Å²) in [4.78, 5) is 34.8. The highest BCUT2D eigenvalue weighted by Gasteiger charge is 2.24. The summed E-state index contributed by atoms with van der Waals surface area (Å²) >= 11 is 0. The molecule has 3 heterocycles. The van der Waals surface area contributed by atoms with Crippen LogP contribution in [0, 0.1) is 0 Å². The van der Waals surface area contributed by atoms with Gasteiger partial charge in [0.1, 0.15) is 11.5 Å². The Labute approximate surface area is 151 Å². The van der Waals surface area contributed by atoms with Gasteiger partial charge in [0.05, 0.1) is 0 Å². The molecule has 1 saturated heterocycles. The summed E-state index contributed by atoms with van der Waals surface area (Å²) in [5.41, 5.74) is 2.11. The lowest BCUT2D eigenvalue weighted by molar-refractivity contribution is 0.0940. The largest absolute Gasteiger partial charge is 0.368 e. The van der Waals surface area contributed by atoms with Crippen LogP contribution in [-0.4, -0.2) is 59.5 Å². The standard InChI is InChI=1S/C18H20N6O2/c25-17-14-13(6-7-20-17)16(19-8-10-24-11-9-21-18(24)26)23-15(22-14)12-4-2-1-3-5-12/h1-5H,6-11H2,(H,20,25)(H,21,26)(H,19,22,23). The van der Waals surface area contributed by atoms with Crippen LogP contribution >= 0.6 is 0 Å². The van der Waals surface area contributed by atoms with Crippen molar-refractivity contribution in [2.24, 2.45) is 0 Å². The molecule has 2 aliphatic heterocycles. The fourth-order valence-electron chi connectivity index (χ4n) is 3.19. The molecule has 26 heavy (non-hydrogen) atoms. The monoisotopic (exact) mass is 352 g/mol. The second-order valence-electron chi connectivity index (χ2n) is 6.24. The van der Waals surface area contributed by atoms with Gasteiger partial charge in [0.15, 0.2) is 5.82 Å². The number of carbonyl (C=O) groups excluding carboxylic acids is 2. The molecule has 2 aliphatic rings. The van der Waals surface area contributed by atoms with Gasteiger partial charge >= 0.3 is 6.03 Å². The highest BCUT2D eigenvalue weighted by molar-refractivity contribution is 5.96. The Morgan fingerprint density at radius 2 is 1.92 bits per heavy atom. The highest BCUT2D eigenvalue weighted by atomic mass is 16.2. The summed E-state index contributed by atoms with van der Waals surface area (Å²) in [6.07, 6.45) is 0.683. The van der Waals surface area contributed by atoms with E-state index in [1.54, 1.807) is 4.90 Å². The maximum Gasteiger partial charge on any atom is 0.317 e. The van der Waals surface area contributed by atoms with E-state index in [9.17, 15) is 9.59 Å². The summed E-state index contributed by atoms with van der Waals surface area (Å²) in [6, 6.07) is 9.55. The Morgan fingerprint density at radius 3 is 2.69 bits per heavy atom. The van der Waals surface area contributed by atoms with Gasteiger partial charge in [0.25, 0.3) is 5.91 Å². The normalized spacial score (nSPS) is 16.1. The molecular formula is C18H20N6O2. The minimum absolute atomic E-state index is 0.0409. The van der Waals surface area contributed by atoms with E-state index >= 15 is 0 Å². The molecule has 2 aromatic rings. The quantitative estimate of drug-likeness (QED) is 0.741. The summed E-state index contributed by atoms with van der Waals surface area (Å²) in [5, 5.41) is 8.92. The Hall–Kier alpha value is -3.16. The lowest BCUT2D eigenvalue weighted by Gasteiger charge is -2.21. The molecule has 134 valence electrons. The number of aromatic nitrogens is 2. The maximum atomic E-state index is 12.3. The third kappa shape index (κ3) is 3.17. The van der Waals surface area contributed by atoms with Crippen LogP contribution in [0.25, 0.3) is 11.4 Å². The van der Waals surface area contributed by atoms with E-state index in [0.717, 1.165) is 11.1 Å². The van der Waals surface area contributed by atoms with Crippen LogP contribution in [0.5, 0.6) is 0 Å². The molecule has 1 aromatic heterocycles. The van der Waals surface area contributed by atoms with Crippen molar-refractivity contribution >= 4 is 17.8 Å². The van der Waals surface area contributed by atoms with Gasteiger partial charge in [-0.25, -0.2) is 14.8 Å². The van der Waals surface area contributed by atoms with E-state index in [4.69, 9.17) is 0 Å². The molecule has 0 bridgehead atoms. The van der Waals surface area contributed by atoms with E-state index in [0.29, 0.717) is 56.5 Å². The number of hydrogen-bond donors (Lipinski definition) is 3. The van der Waals surface area contributed by atoms with Gasteiger partial charge in [0, 0.05) is 43.9 Å². The zero-order chi connectivity index (χ0) is 17.9. The first-order valence-corrected chi connectivity index (χ1v) is 8.73. The molecule has 3 N–H and O–H groups in total. The first-order chi connectivity index (χ1) is 12.7. The molecule has 1 fully saturated rings. The molecule has 4 rings (SSSR count). The van der Waals surface area contributed by atoms with Crippen LogP contribution in [0.15, 0.2) is 30.3 Å². The van der Waals surface area contributed by atoms with Crippen molar-refractivity contribution in [2.45, 2.75) is 6.42 Å². The van der Waals surface area contributed by atoms with Gasteiger partial charge in [-0.15, -0.1) is 0 Å². The van der Waals surface area contributed by atoms with Crippen LogP contribution in [-0.2, 0) is 6.42 Å². The lowest BCUT2D eigenvalue weighted by atomic mass is 10.1. The number of nitrogens with one attached hydrogen (secondary N) is 3. The number of benzene rings is 1. The minimum atomic E-state index is -0.173. The second kappa shape index (κ2) is 6.99. The Morgan fingerprint density at radius 1 is 1.08 bits per heavy atom. The van der Waals surface area contributed by atoms with E-state index < -0.39 is 0 Å². The van der Waals surface area contributed by atoms with Crippen molar-refractivity contribution in [2.75, 3.05) is 38.0 Å². The second-order valence-corrected chi connectivity index (χ2v) is 6.24. The molecule has 0 radical (unpaired) electrons. The molecule has 8 nitrogen and oxygen atoms in total. The van der Waals surface area contributed by atoms with Crippen molar-refractivity contribution in [1.82, 2.24) is 25.5 Å². The Balaban J connectivity index is 1.60. The van der Waals surface area contributed by atoms with Crippen LogP contribution < -0.4 is 16.0 Å². The van der Waals surface area contributed by atoms with Gasteiger partial charge in [-0.2, -0.15) is 0 Å². The zero-order valence-electron chi connectivity index (χ0n) is 14.3. The van der Waals surface area contributed by atoms with E-state index in [1.807, 2.05) is 30.3 Å². The summed E-state index contributed by atoms with van der Waals surface area (Å²) in [6.45, 7) is 3.10. The molecule has 1 aromatic carbocycles. The van der Waals surface area contributed by atoms with Crippen molar-refractivity contribution in [1.29, 1.82) is 0 Å². The summed E-state index contributed by atoms with van der Waals surface area (Å²) in [7, 11) is 0. The average molecular weight is 352 g/mol. The fourth-order valence-corrected chi connectivity index (χ4v) is 3.19. The number of carbonyl (C=O) groups is 2. The van der Waals surface area contributed by atoms with E-state index in [2.05, 4.69) is 25.9 Å². The summed E-state index contributed by atoms with van der Waals surface area (Å²) in [5.74, 6) is 1.01. The SMILES string of the molecule is O=C1NCCc2c(NCCN3CCNC3=O)nc(-c3ccccc3)nc21. The molecule has 0 aliphatic carbocycles. The number of nitrogens with zero attached hydrogens (tertiary/aromatic N) is 3. The number of hydrogen-bond acceptors (Lipinski definition) is 5. The first kappa shape index (κ1) is 16.3. The van der Waals surface area contributed by atoms with E-state index in [1.165, 1.54) is 0 Å². The third-order valence-electron chi connectivity index (χ3n) is 4.53. The van der Waals surface area contributed by atoms with Gasteiger partial charge in [-0.1, -0.05) is 30.3 Å². The van der Waals surface area contributed by atoms with Crippen molar-refractivity contribution in [3.63, 3.8) is 0 Å². The van der Waals surface area contributed by atoms with E-state index in [-0.39, 0.29) is 11.9 Å². The lowest BCUT2D eigenvalue weighted by Crippen LogP contribution is -2.35. The molecule has 0 atom stereocenters. The fraction of sp³-hybridized carbons (Fsp3) is 0.333. The van der Waals surface area contributed by atoms with Crippen molar-refractivity contribution < 1.29 is 9.59 Å². The first-order valence-electron chi connectivity index (χ1n) is 8.73. The molecular weight excluding hydrogens is 332 g/mol. The topological polar surface area (TPSA) is 99.2 Å². The van der Waals surface area contributed by atoms with Gasteiger partial charge < -0.3 is 20.9 Å². The van der Waals surface area contributed by atoms with Gasteiger partial charge in [-0.3, -0.25) is 4.79 Å². The predicted octanol–water partition coefficient (Wildman–Crippen LogP) is 0.867. The maximum absolute atomic E-state index is 12.3.